The molecule has 1 rings (SSSR count). The number of benzene rings is 1. The minimum Gasteiger partial charge on any atom is -0.496 e. The summed E-state index contributed by atoms with van der Waals surface area (Å²) in [7, 11) is 2.84. The molecule has 90 valence electrons. The van der Waals surface area contributed by atoms with Crippen LogP contribution in [0.5, 0.6) is 5.75 Å². The molecular weight excluding hydrogens is 221 g/mol. The van der Waals surface area contributed by atoms with Gasteiger partial charge in [0.1, 0.15) is 5.75 Å². The van der Waals surface area contributed by atoms with Crippen LogP contribution in [0.2, 0.25) is 0 Å². The molecule has 3 nitrogen and oxygen atoms in total. The van der Waals surface area contributed by atoms with Crippen LogP contribution in [-0.2, 0) is 12.7 Å². The number of halogens is 3. The van der Waals surface area contributed by atoms with Gasteiger partial charge in [-0.1, -0.05) is 0 Å². The topological polar surface area (TPSA) is 47.3 Å². The molecule has 0 aliphatic carbocycles. The molecule has 0 heterocycles. The van der Waals surface area contributed by atoms with Crippen LogP contribution in [0, 0.1) is 0 Å². The normalized spacial score (nSPS) is 11.6. The highest BCUT2D eigenvalue weighted by molar-refractivity contribution is 5.54. The summed E-state index contributed by atoms with van der Waals surface area (Å²) in [5.74, 6) is -0.184. The molecule has 1 aromatic rings. The summed E-state index contributed by atoms with van der Waals surface area (Å²) in [6.07, 6.45) is -4.47. The first-order valence-corrected chi connectivity index (χ1v) is 4.58. The first-order valence-electron chi connectivity index (χ1n) is 4.58. The first kappa shape index (κ1) is 12.6. The second-order valence-electron chi connectivity index (χ2n) is 3.29. The van der Waals surface area contributed by atoms with Crippen molar-refractivity contribution < 1.29 is 17.9 Å². The number of nitrogens with two attached hydrogens (primary N) is 1. The Labute approximate surface area is 91.4 Å². The van der Waals surface area contributed by atoms with Crippen molar-refractivity contribution in [3.8, 4) is 5.75 Å². The Morgan fingerprint density at radius 3 is 2.44 bits per heavy atom. The van der Waals surface area contributed by atoms with Crippen LogP contribution in [0.25, 0.3) is 0 Å². The third-order valence-corrected chi connectivity index (χ3v) is 2.06. The summed E-state index contributed by atoms with van der Waals surface area (Å²) >= 11 is 0. The van der Waals surface area contributed by atoms with Crippen molar-refractivity contribution in [2.45, 2.75) is 12.7 Å². The lowest BCUT2D eigenvalue weighted by atomic mass is 10.1. The zero-order chi connectivity index (χ0) is 12.3. The zero-order valence-corrected chi connectivity index (χ0v) is 8.98. The Morgan fingerprint density at radius 1 is 1.38 bits per heavy atom. The van der Waals surface area contributed by atoms with Crippen LogP contribution >= 0.6 is 0 Å². The summed E-state index contributed by atoms with van der Waals surface area (Å²) in [6, 6.07) is 2.34. The summed E-state index contributed by atoms with van der Waals surface area (Å²) in [5.41, 5.74) is 5.03. The highest BCUT2D eigenvalue weighted by Gasteiger charge is 2.35. The van der Waals surface area contributed by atoms with E-state index in [1.807, 2.05) is 0 Å². The predicted molar refractivity (Wildman–Crippen MR) is 55.2 cm³/mol. The van der Waals surface area contributed by atoms with Crippen molar-refractivity contribution >= 4 is 5.69 Å². The van der Waals surface area contributed by atoms with Crippen molar-refractivity contribution in [2.24, 2.45) is 0 Å². The molecule has 0 unspecified atom stereocenters. The van der Waals surface area contributed by atoms with Crippen molar-refractivity contribution in [1.29, 1.82) is 0 Å². The molecule has 0 saturated carbocycles. The molecule has 0 saturated heterocycles. The molecule has 6 heteroatoms. The average Bonchev–Trinajstić information content (AvgIpc) is 2.16. The van der Waals surface area contributed by atoms with Crippen LogP contribution in [0.4, 0.5) is 18.9 Å². The predicted octanol–water partition coefficient (Wildman–Crippen LogP) is 2.02. The zero-order valence-electron chi connectivity index (χ0n) is 8.98. The van der Waals surface area contributed by atoms with E-state index in [0.717, 1.165) is 6.07 Å². The van der Waals surface area contributed by atoms with Crippen molar-refractivity contribution in [3.05, 3.63) is 23.3 Å². The lowest BCUT2D eigenvalue weighted by Gasteiger charge is -2.16. The molecule has 0 aliphatic heterocycles. The van der Waals surface area contributed by atoms with Crippen molar-refractivity contribution in [3.63, 3.8) is 0 Å². The molecule has 0 bridgehead atoms. The SMILES string of the molecule is CNCc1cc(N)cc(C(F)(F)F)c1OC. The maximum atomic E-state index is 12.7. The lowest BCUT2D eigenvalue weighted by molar-refractivity contribution is -0.138. The summed E-state index contributed by atoms with van der Waals surface area (Å²) in [4.78, 5) is 0. The van der Waals surface area contributed by atoms with E-state index in [4.69, 9.17) is 10.5 Å². The number of nitrogens with one attached hydrogen (secondary N) is 1. The van der Waals surface area contributed by atoms with E-state index < -0.39 is 11.7 Å². The van der Waals surface area contributed by atoms with Gasteiger partial charge in [0.15, 0.2) is 0 Å². The van der Waals surface area contributed by atoms with Gasteiger partial charge in [0.25, 0.3) is 0 Å². The Bertz CT molecular complexity index is 377. The highest BCUT2D eigenvalue weighted by atomic mass is 19.4. The molecule has 16 heavy (non-hydrogen) atoms. The average molecular weight is 234 g/mol. The number of hydrogen-bond acceptors (Lipinski definition) is 3. The Balaban J connectivity index is 3.36. The van der Waals surface area contributed by atoms with E-state index in [0.29, 0.717) is 5.56 Å². The van der Waals surface area contributed by atoms with Gasteiger partial charge in [-0.15, -0.1) is 0 Å². The number of methoxy groups -OCH3 is 1. The van der Waals surface area contributed by atoms with Gasteiger partial charge in [-0.05, 0) is 19.2 Å². The number of rotatable bonds is 3. The van der Waals surface area contributed by atoms with E-state index in [1.54, 1.807) is 7.05 Å². The van der Waals surface area contributed by atoms with Gasteiger partial charge >= 0.3 is 6.18 Å². The minimum absolute atomic E-state index is 0.0679. The summed E-state index contributed by atoms with van der Waals surface area (Å²) in [5, 5.41) is 2.76. The van der Waals surface area contributed by atoms with Gasteiger partial charge in [0.2, 0.25) is 0 Å². The molecule has 0 amide bonds. The quantitative estimate of drug-likeness (QED) is 0.786. The number of anilines is 1. The van der Waals surface area contributed by atoms with Gasteiger partial charge in [0, 0.05) is 17.8 Å². The second kappa shape index (κ2) is 4.61. The maximum Gasteiger partial charge on any atom is 0.420 e. The van der Waals surface area contributed by atoms with Crippen LogP contribution in [0.15, 0.2) is 12.1 Å². The Morgan fingerprint density at radius 2 is 2.00 bits per heavy atom. The van der Waals surface area contributed by atoms with E-state index in [9.17, 15) is 13.2 Å². The highest BCUT2D eigenvalue weighted by Crippen LogP contribution is 2.39. The fraction of sp³-hybridized carbons (Fsp3) is 0.400. The molecule has 0 fully saturated rings. The van der Waals surface area contributed by atoms with Gasteiger partial charge in [0.05, 0.1) is 12.7 Å². The molecule has 0 atom stereocenters. The second-order valence-corrected chi connectivity index (χ2v) is 3.29. The number of ether oxygens (including phenoxy) is 1. The van der Waals surface area contributed by atoms with Crippen molar-refractivity contribution in [1.82, 2.24) is 5.32 Å². The number of hydrogen-bond donors (Lipinski definition) is 2. The third kappa shape index (κ3) is 2.57. The summed E-state index contributed by atoms with van der Waals surface area (Å²) in [6.45, 7) is 0.261. The maximum absolute atomic E-state index is 12.7. The molecule has 3 N–H and O–H groups in total. The van der Waals surface area contributed by atoms with Crippen molar-refractivity contribution in [2.75, 3.05) is 19.9 Å². The fourth-order valence-corrected chi connectivity index (χ4v) is 1.49. The van der Waals surface area contributed by atoms with E-state index in [2.05, 4.69) is 5.32 Å². The summed E-state index contributed by atoms with van der Waals surface area (Å²) < 4.78 is 42.8. The Hall–Kier alpha value is -1.43. The smallest absolute Gasteiger partial charge is 0.420 e. The monoisotopic (exact) mass is 234 g/mol. The molecular formula is C10H13F3N2O. The van der Waals surface area contributed by atoms with Gasteiger partial charge in [-0.2, -0.15) is 13.2 Å². The van der Waals surface area contributed by atoms with Crippen LogP contribution in [0.1, 0.15) is 11.1 Å². The first-order chi connectivity index (χ1) is 7.40. The van der Waals surface area contributed by atoms with E-state index in [1.165, 1.54) is 13.2 Å². The molecule has 1 aromatic carbocycles. The van der Waals surface area contributed by atoms with Crippen LogP contribution < -0.4 is 15.8 Å². The molecule has 0 aromatic heterocycles. The van der Waals surface area contributed by atoms with Crippen LogP contribution in [-0.4, -0.2) is 14.2 Å². The Kier molecular flexibility index (Phi) is 3.64. The molecule has 0 aliphatic rings. The standard InChI is InChI=1S/C10H13F3N2O/c1-15-5-6-3-7(14)4-8(9(6)16-2)10(11,12)13/h3-4,15H,5,14H2,1-2H3. The van der Waals surface area contributed by atoms with Gasteiger partial charge in [-0.3, -0.25) is 0 Å². The fourth-order valence-electron chi connectivity index (χ4n) is 1.49. The van der Waals surface area contributed by atoms with Gasteiger partial charge < -0.3 is 15.8 Å². The molecule has 0 spiro atoms. The number of alkyl halides is 3. The van der Waals surface area contributed by atoms with E-state index >= 15 is 0 Å². The van der Waals surface area contributed by atoms with E-state index in [-0.39, 0.29) is 18.0 Å². The van der Waals surface area contributed by atoms with Crippen LogP contribution in [0.3, 0.4) is 0 Å². The minimum atomic E-state index is -4.47. The third-order valence-electron chi connectivity index (χ3n) is 2.06. The van der Waals surface area contributed by atoms with Gasteiger partial charge in [-0.25, -0.2) is 0 Å². The number of nitrogen functional groups attached to an aromatic ring is 1. The lowest BCUT2D eigenvalue weighted by Crippen LogP contribution is -2.13. The largest absolute Gasteiger partial charge is 0.496 e. The molecule has 0 radical (unpaired) electrons.